The number of benzene rings is 1. The average Bonchev–Trinajstić information content (AvgIpc) is 2.41. The minimum absolute atomic E-state index is 1.11. The molecule has 0 atom stereocenters. The topological polar surface area (TPSA) is 0 Å². The maximum absolute atomic E-state index is 2.35. The molecule has 0 nitrogen and oxygen atoms in total. The lowest BCUT2D eigenvalue weighted by atomic mass is 9.81. The van der Waals surface area contributed by atoms with Crippen LogP contribution in [0, 0.1) is 0 Å². The highest BCUT2D eigenvalue weighted by Gasteiger charge is 2.17. The molecule has 2 rings (SSSR count). The Morgan fingerprint density at radius 2 is 1.80 bits per heavy atom. The molecule has 1 aliphatic rings. The maximum Gasteiger partial charge on any atom is -0.0150 e. The molecule has 0 aliphatic heterocycles. The Morgan fingerprint density at radius 1 is 1.10 bits per heavy atom. The van der Waals surface area contributed by atoms with E-state index in [1.165, 1.54) is 55.2 Å². The normalized spacial score (nSPS) is 15.2. The van der Waals surface area contributed by atoms with Gasteiger partial charge in [0.25, 0.3) is 0 Å². The van der Waals surface area contributed by atoms with Crippen LogP contribution in [0.3, 0.4) is 0 Å². The third-order valence-electron chi connectivity index (χ3n) is 4.35. The van der Waals surface area contributed by atoms with Gasteiger partial charge in [-0.2, -0.15) is 0 Å². The van der Waals surface area contributed by atoms with Crippen LogP contribution in [0.1, 0.15) is 76.8 Å². The minimum atomic E-state index is 1.11. The van der Waals surface area contributed by atoms with Crippen LogP contribution < -0.4 is 0 Å². The van der Waals surface area contributed by atoms with Gasteiger partial charge in [-0.25, -0.2) is 0 Å². The third-order valence-corrected chi connectivity index (χ3v) is 4.35. The summed E-state index contributed by atoms with van der Waals surface area (Å²) in [6.45, 7) is 6.76. The Labute approximate surface area is 124 Å². The highest BCUT2D eigenvalue weighted by atomic mass is 14.2. The number of unbranched alkanes of at least 4 members (excludes halogenated alkanes) is 1. The molecule has 108 valence electrons. The van der Waals surface area contributed by atoms with Crippen LogP contribution in [-0.2, 0) is 0 Å². The first-order valence-corrected chi connectivity index (χ1v) is 8.25. The zero-order chi connectivity index (χ0) is 14.4. The van der Waals surface area contributed by atoms with Crippen molar-refractivity contribution in [2.45, 2.75) is 65.7 Å². The van der Waals surface area contributed by atoms with Gasteiger partial charge in [0.15, 0.2) is 0 Å². The highest BCUT2D eigenvalue weighted by Crippen LogP contribution is 2.38. The Balaban J connectivity index is 2.41. The largest absolute Gasteiger partial charge is 0.0813 e. The average molecular weight is 268 g/mol. The lowest BCUT2D eigenvalue weighted by molar-refractivity contribution is 0.658. The van der Waals surface area contributed by atoms with E-state index in [0.717, 1.165) is 6.42 Å². The molecular formula is C20H28. The first-order valence-electron chi connectivity index (χ1n) is 8.25. The molecule has 20 heavy (non-hydrogen) atoms. The van der Waals surface area contributed by atoms with Crippen LogP contribution in [0.15, 0.2) is 35.9 Å². The number of hydrogen-bond donors (Lipinski definition) is 0. The molecule has 0 N–H and O–H groups in total. The quantitative estimate of drug-likeness (QED) is 0.543. The summed E-state index contributed by atoms with van der Waals surface area (Å²) < 4.78 is 0. The summed E-state index contributed by atoms with van der Waals surface area (Å²) in [6.07, 6.45) is 11.3. The van der Waals surface area contributed by atoms with E-state index in [-0.39, 0.29) is 0 Å². The molecule has 0 heterocycles. The van der Waals surface area contributed by atoms with Crippen LogP contribution in [0.4, 0.5) is 0 Å². The van der Waals surface area contributed by atoms with Crippen molar-refractivity contribution >= 4 is 11.1 Å². The fourth-order valence-corrected chi connectivity index (χ4v) is 3.02. The van der Waals surface area contributed by atoms with Crippen molar-refractivity contribution in [1.29, 1.82) is 0 Å². The molecule has 1 aliphatic carbocycles. The minimum Gasteiger partial charge on any atom is -0.0813 e. The summed E-state index contributed by atoms with van der Waals surface area (Å²) in [6, 6.07) is 9.00. The molecule has 0 heteroatoms. The zero-order valence-corrected chi connectivity index (χ0v) is 13.3. The monoisotopic (exact) mass is 268 g/mol. The van der Waals surface area contributed by atoms with Crippen molar-refractivity contribution < 1.29 is 0 Å². The summed E-state index contributed by atoms with van der Waals surface area (Å²) in [5, 5.41) is 0. The Bertz CT molecular complexity index is 497. The van der Waals surface area contributed by atoms with Gasteiger partial charge in [-0.15, -0.1) is 0 Å². The Morgan fingerprint density at radius 3 is 2.35 bits per heavy atom. The smallest absolute Gasteiger partial charge is 0.0150 e. The second kappa shape index (κ2) is 7.47. The van der Waals surface area contributed by atoms with Crippen molar-refractivity contribution in [1.82, 2.24) is 0 Å². The highest BCUT2D eigenvalue weighted by molar-refractivity contribution is 5.80. The van der Waals surface area contributed by atoms with E-state index in [1.807, 2.05) is 0 Å². The number of rotatable bonds is 6. The van der Waals surface area contributed by atoms with Crippen LogP contribution in [-0.4, -0.2) is 0 Å². The molecule has 0 bridgehead atoms. The van der Waals surface area contributed by atoms with Crippen molar-refractivity contribution in [3.8, 4) is 0 Å². The molecule has 0 radical (unpaired) electrons. The Kier molecular flexibility index (Phi) is 5.64. The number of allylic oxidation sites excluding steroid dienone is 4. The van der Waals surface area contributed by atoms with Gasteiger partial charge >= 0.3 is 0 Å². The van der Waals surface area contributed by atoms with Gasteiger partial charge in [0.1, 0.15) is 0 Å². The van der Waals surface area contributed by atoms with E-state index >= 15 is 0 Å². The molecule has 0 spiro atoms. The molecule has 1 aromatic carbocycles. The van der Waals surface area contributed by atoms with E-state index in [4.69, 9.17) is 0 Å². The molecule has 0 amide bonds. The zero-order valence-electron chi connectivity index (χ0n) is 13.3. The van der Waals surface area contributed by atoms with Gasteiger partial charge in [-0.3, -0.25) is 0 Å². The predicted octanol–water partition coefficient (Wildman–Crippen LogP) is 6.63. The van der Waals surface area contributed by atoms with E-state index in [9.17, 15) is 0 Å². The number of hydrogen-bond acceptors (Lipinski definition) is 0. The summed E-state index contributed by atoms with van der Waals surface area (Å²) >= 11 is 0. The SMILES string of the molecule is CC/C=C(\C)c1ccccc1C(CCCC)=C1CCC1. The molecular weight excluding hydrogens is 240 g/mol. The van der Waals surface area contributed by atoms with Crippen molar-refractivity contribution in [3.63, 3.8) is 0 Å². The molecule has 1 fully saturated rings. The standard InChI is InChI=1S/C20H28/c1-4-6-13-19(17-11-9-12-17)20-15-8-7-14-18(20)16(3)10-5-2/h7-8,10,14-15H,4-6,9,11-13H2,1-3H3/b16-10+. The summed E-state index contributed by atoms with van der Waals surface area (Å²) in [5.74, 6) is 0. The van der Waals surface area contributed by atoms with Crippen LogP contribution >= 0.6 is 0 Å². The first kappa shape index (κ1) is 15.1. The van der Waals surface area contributed by atoms with E-state index in [0.29, 0.717) is 0 Å². The molecule has 1 saturated carbocycles. The van der Waals surface area contributed by atoms with Crippen molar-refractivity contribution in [2.75, 3.05) is 0 Å². The summed E-state index contributed by atoms with van der Waals surface area (Å²) in [5.41, 5.74) is 7.74. The van der Waals surface area contributed by atoms with Gasteiger partial charge in [0.05, 0.1) is 0 Å². The van der Waals surface area contributed by atoms with Crippen molar-refractivity contribution in [3.05, 3.63) is 47.0 Å². The van der Waals surface area contributed by atoms with Crippen LogP contribution in [0.2, 0.25) is 0 Å². The Hall–Kier alpha value is -1.30. The lowest BCUT2D eigenvalue weighted by Crippen LogP contribution is -2.04. The van der Waals surface area contributed by atoms with E-state index in [2.05, 4.69) is 51.1 Å². The lowest BCUT2D eigenvalue weighted by Gasteiger charge is -2.24. The second-order valence-electron chi connectivity index (χ2n) is 5.88. The fraction of sp³-hybridized carbons (Fsp3) is 0.500. The van der Waals surface area contributed by atoms with Gasteiger partial charge in [0, 0.05) is 0 Å². The first-order chi connectivity index (χ1) is 9.77. The third kappa shape index (κ3) is 3.42. The predicted molar refractivity (Wildman–Crippen MR) is 90.7 cm³/mol. The van der Waals surface area contributed by atoms with Crippen molar-refractivity contribution in [2.24, 2.45) is 0 Å². The summed E-state index contributed by atoms with van der Waals surface area (Å²) in [4.78, 5) is 0. The van der Waals surface area contributed by atoms with E-state index in [1.54, 1.807) is 11.1 Å². The van der Waals surface area contributed by atoms with Gasteiger partial charge in [0.2, 0.25) is 0 Å². The van der Waals surface area contributed by atoms with Gasteiger partial charge in [-0.1, -0.05) is 56.2 Å². The molecule has 1 aromatic rings. The van der Waals surface area contributed by atoms with Gasteiger partial charge < -0.3 is 0 Å². The van der Waals surface area contributed by atoms with Gasteiger partial charge in [-0.05, 0) is 67.7 Å². The molecule has 0 unspecified atom stereocenters. The second-order valence-corrected chi connectivity index (χ2v) is 5.88. The van der Waals surface area contributed by atoms with Crippen LogP contribution in [0.5, 0.6) is 0 Å². The maximum atomic E-state index is 2.35. The fourth-order valence-electron chi connectivity index (χ4n) is 3.02. The molecule has 0 saturated heterocycles. The van der Waals surface area contributed by atoms with E-state index < -0.39 is 0 Å². The summed E-state index contributed by atoms with van der Waals surface area (Å²) in [7, 11) is 0. The molecule has 0 aromatic heterocycles. The van der Waals surface area contributed by atoms with Crippen LogP contribution in [0.25, 0.3) is 11.1 Å².